The zero-order valence-electron chi connectivity index (χ0n) is 10.6. The van der Waals surface area contributed by atoms with Crippen LogP contribution in [0.5, 0.6) is 0 Å². The molecule has 102 valence electrons. The van der Waals surface area contributed by atoms with Gasteiger partial charge in [0.2, 0.25) is 5.91 Å². The van der Waals surface area contributed by atoms with Crippen molar-refractivity contribution >= 4 is 5.91 Å². The van der Waals surface area contributed by atoms with Crippen molar-refractivity contribution in [2.75, 3.05) is 26.4 Å². The lowest BCUT2D eigenvalue weighted by Crippen LogP contribution is -2.60. The topological polar surface area (TPSA) is 102 Å². The van der Waals surface area contributed by atoms with E-state index >= 15 is 0 Å². The Morgan fingerprint density at radius 3 is 2.18 bits per heavy atom. The fourth-order valence-corrected chi connectivity index (χ4v) is 1.35. The highest BCUT2D eigenvalue weighted by Gasteiger charge is 2.31. The molecule has 0 aliphatic rings. The van der Waals surface area contributed by atoms with Gasteiger partial charge in [-0.2, -0.15) is 0 Å². The highest BCUT2D eigenvalue weighted by Crippen LogP contribution is 2.03. The zero-order valence-corrected chi connectivity index (χ0v) is 10.6. The van der Waals surface area contributed by atoms with Crippen LogP contribution in [-0.2, 0) is 4.79 Å². The molecule has 0 heterocycles. The summed E-state index contributed by atoms with van der Waals surface area (Å²) in [5.74, 6) is -0.210. The smallest absolute Gasteiger partial charge is 0.236 e. The van der Waals surface area contributed by atoms with Crippen LogP contribution in [0.15, 0.2) is 0 Å². The largest absolute Gasteiger partial charge is 0.394 e. The van der Waals surface area contributed by atoms with Gasteiger partial charge in [-0.1, -0.05) is 13.3 Å². The minimum atomic E-state index is -1.22. The maximum atomic E-state index is 11.6. The number of carbonyl (C=O) groups is 1. The van der Waals surface area contributed by atoms with E-state index in [0.29, 0.717) is 6.54 Å². The summed E-state index contributed by atoms with van der Waals surface area (Å²) in [6, 6.07) is -0.585. The molecular formula is C11H24N2O4. The van der Waals surface area contributed by atoms with Crippen molar-refractivity contribution in [3.05, 3.63) is 0 Å². The van der Waals surface area contributed by atoms with Gasteiger partial charge in [0, 0.05) is 6.54 Å². The zero-order chi connectivity index (χ0) is 13.3. The van der Waals surface area contributed by atoms with Crippen LogP contribution in [0, 0.1) is 0 Å². The number of hydrogen-bond donors (Lipinski definition) is 5. The summed E-state index contributed by atoms with van der Waals surface area (Å²) in [6.45, 7) is 2.94. The highest BCUT2D eigenvalue weighted by molar-refractivity contribution is 5.81. The molecule has 1 atom stereocenters. The number of unbranched alkanes of at least 4 members (excludes halogenated alkanes) is 1. The molecule has 0 fully saturated rings. The van der Waals surface area contributed by atoms with Gasteiger partial charge >= 0.3 is 0 Å². The van der Waals surface area contributed by atoms with Crippen molar-refractivity contribution in [3.8, 4) is 0 Å². The van der Waals surface area contributed by atoms with Gasteiger partial charge in [0.25, 0.3) is 0 Å². The maximum Gasteiger partial charge on any atom is 0.236 e. The number of aliphatic hydroxyl groups excluding tert-OH is 3. The normalized spacial score (nSPS) is 13.5. The number of amides is 1. The molecule has 6 nitrogen and oxygen atoms in total. The van der Waals surface area contributed by atoms with E-state index in [1.165, 1.54) is 0 Å². The lowest BCUT2D eigenvalue weighted by Gasteiger charge is -2.31. The van der Waals surface area contributed by atoms with E-state index in [4.69, 9.17) is 15.3 Å². The second-order valence-corrected chi connectivity index (χ2v) is 4.27. The molecule has 0 aromatic carbocycles. The molecule has 6 heteroatoms. The summed E-state index contributed by atoms with van der Waals surface area (Å²) in [5.41, 5.74) is -1.22. The van der Waals surface area contributed by atoms with Crippen LogP contribution in [0.4, 0.5) is 0 Å². The molecule has 0 aromatic rings. The van der Waals surface area contributed by atoms with Crippen molar-refractivity contribution in [3.63, 3.8) is 0 Å². The Hall–Kier alpha value is -0.690. The van der Waals surface area contributed by atoms with Crippen molar-refractivity contribution in [2.45, 2.75) is 38.3 Å². The molecule has 0 saturated carbocycles. The molecule has 5 N–H and O–H groups in total. The van der Waals surface area contributed by atoms with Crippen LogP contribution < -0.4 is 10.6 Å². The first-order valence-corrected chi connectivity index (χ1v) is 5.93. The maximum absolute atomic E-state index is 11.6. The van der Waals surface area contributed by atoms with Gasteiger partial charge in [-0.15, -0.1) is 0 Å². The predicted octanol–water partition coefficient (Wildman–Crippen LogP) is -1.40. The monoisotopic (exact) mass is 248 g/mol. The molecule has 0 aromatic heterocycles. The third-order valence-corrected chi connectivity index (χ3v) is 2.65. The SMILES string of the molecule is CCCCNC(=O)C(C)NC(CO)(CO)CO. The van der Waals surface area contributed by atoms with Gasteiger partial charge in [-0.05, 0) is 13.3 Å². The van der Waals surface area contributed by atoms with E-state index in [1.807, 2.05) is 6.92 Å². The van der Waals surface area contributed by atoms with Crippen molar-refractivity contribution < 1.29 is 20.1 Å². The standard InChI is InChI=1S/C11H24N2O4/c1-3-4-5-12-10(17)9(2)13-11(6-14,7-15)8-16/h9,13-16H,3-8H2,1-2H3,(H,12,17). The van der Waals surface area contributed by atoms with Crippen molar-refractivity contribution in [1.29, 1.82) is 0 Å². The number of carbonyl (C=O) groups excluding carboxylic acids is 1. The number of nitrogens with one attached hydrogen (secondary N) is 2. The summed E-state index contributed by atoms with van der Waals surface area (Å²) < 4.78 is 0. The van der Waals surface area contributed by atoms with Crippen LogP contribution in [-0.4, -0.2) is 59.2 Å². The van der Waals surface area contributed by atoms with Gasteiger partial charge in [0.05, 0.1) is 31.4 Å². The summed E-state index contributed by atoms with van der Waals surface area (Å²) in [7, 11) is 0. The van der Waals surface area contributed by atoms with Crippen LogP contribution in [0.2, 0.25) is 0 Å². The lowest BCUT2D eigenvalue weighted by atomic mass is 10.0. The molecule has 0 spiro atoms. The summed E-state index contributed by atoms with van der Waals surface area (Å²) >= 11 is 0. The van der Waals surface area contributed by atoms with Gasteiger partial charge < -0.3 is 20.6 Å². The van der Waals surface area contributed by atoms with E-state index in [2.05, 4.69) is 10.6 Å². The Morgan fingerprint density at radius 2 is 1.76 bits per heavy atom. The lowest BCUT2D eigenvalue weighted by molar-refractivity contribution is -0.123. The predicted molar refractivity (Wildman–Crippen MR) is 64.5 cm³/mol. The van der Waals surface area contributed by atoms with Crippen LogP contribution in [0.3, 0.4) is 0 Å². The molecule has 0 aliphatic carbocycles. The first-order chi connectivity index (χ1) is 8.05. The molecule has 0 rings (SSSR count). The summed E-state index contributed by atoms with van der Waals surface area (Å²) in [6.07, 6.45) is 1.90. The van der Waals surface area contributed by atoms with E-state index < -0.39 is 31.4 Å². The molecule has 1 amide bonds. The fraction of sp³-hybridized carbons (Fsp3) is 0.909. The van der Waals surface area contributed by atoms with Gasteiger partial charge in [-0.3, -0.25) is 10.1 Å². The molecule has 0 bridgehead atoms. The second-order valence-electron chi connectivity index (χ2n) is 4.27. The minimum absolute atomic E-state index is 0.210. The average Bonchev–Trinajstić information content (AvgIpc) is 2.36. The summed E-state index contributed by atoms with van der Waals surface area (Å²) in [4.78, 5) is 11.6. The number of aliphatic hydroxyl groups is 3. The molecule has 17 heavy (non-hydrogen) atoms. The Balaban J connectivity index is 4.21. The molecule has 0 radical (unpaired) electrons. The number of rotatable bonds is 9. The molecule has 1 unspecified atom stereocenters. The van der Waals surface area contributed by atoms with Crippen LogP contribution in [0.1, 0.15) is 26.7 Å². The average molecular weight is 248 g/mol. The Labute approximate surface area is 102 Å². The Kier molecular flexibility index (Phi) is 8.07. The van der Waals surface area contributed by atoms with Gasteiger partial charge in [-0.25, -0.2) is 0 Å². The molecule has 0 aliphatic heterocycles. The minimum Gasteiger partial charge on any atom is -0.394 e. The van der Waals surface area contributed by atoms with E-state index in [0.717, 1.165) is 12.8 Å². The van der Waals surface area contributed by atoms with E-state index in [9.17, 15) is 4.79 Å². The third kappa shape index (κ3) is 5.45. The second kappa shape index (κ2) is 8.41. The highest BCUT2D eigenvalue weighted by atomic mass is 16.3. The van der Waals surface area contributed by atoms with E-state index in [1.54, 1.807) is 6.92 Å². The van der Waals surface area contributed by atoms with E-state index in [-0.39, 0.29) is 5.91 Å². The Bertz CT molecular complexity index is 211. The van der Waals surface area contributed by atoms with Crippen molar-refractivity contribution in [2.24, 2.45) is 0 Å². The molecular weight excluding hydrogens is 224 g/mol. The Morgan fingerprint density at radius 1 is 1.24 bits per heavy atom. The van der Waals surface area contributed by atoms with Crippen LogP contribution >= 0.6 is 0 Å². The van der Waals surface area contributed by atoms with Crippen molar-refractivity contribution in [1.82, 2.24) is 10.6 Å². The van der Waals surface area contributed by atoms with Gasteiger partial charge in [0.15, 0.2) is 0 Å². The van der Waals surface area contributed by atoms with Gasteiger partial charge in [0.1, 0.15) is 0 Å². The summed E-state index contributed by atoms with van der Waals surface area (Å²) in [5, 5.41) is 32.8. The quantitative estimate of drug-likeness (QED) is 0.323. The fourth-order valence-electron chi connectivity index (χ4n) is 1.35. The first kappa shape index (κ1) is 16.3. The van der Waals surface area contributed by atoms with Crippen LogP contribution in [0.25, 0.3) is 0 Å². The third-order valence-electron chi connectivity index (χ3n) is 2.65. The molecule has 0 saturated heterocycles. The number of hydrogen-bond acceptors (Lipinski definition) is 5. The first-order valence-electron chi connectivity index (χ1n) is 5.93.